The van der Waals surface area contributed by atoms with Crippen LogP contribution in [0.15, 0.2) is 30.3 Å². The van der Waals surface area contributed by atoms with Crippen molar-refractivity contribution in [1.82, 2.24) is 9.80 Å². The second-order valence-corrected chi connectivity index (χ2v) is 6.80. The van der Waals surface area contributed by atoms with E-state index in [2.05, 4.69) is 24.0 Å². The minimum Gasteiger partial charge on any atom is -0.391 e. The number of piperazine rings is 1. The molecule has 1 aromatic rings. The Morgan fingerprint density at radius 1 is 1.17 bits per heavy atom. The molecule has 0 unspecified atom stereocenters. The van der Waals surface area contributed by atoms with E-state index in [0.717, 1.165) is 57.4 Å². The molecule has 1 heterocycles. The van der Waals surface area contributed by atoms with Crippen LogP contribution in [-0.4, -0.2) is 59.1 Å². The summed E-state index contributed by atoms with van der Waals surface area (Å²) in [6, 6.07) is 10.4. The van der Waals surface area contributed by atoms with E-state index >= 15 is 0 Å². The molecule has 3 rings (SSSR count). The van der Waals surface area contributed by atoms with Gasteiger partial charge in [-0.3, -0.25) is 9.69 Å². The second kappa shape index (κ2) is 7.45. The fraction of sp³-hybridized carbons (Fsp3) is 0.632. The number of hydrogen-bond acceptors (Lipinski definition) is 3. The first kappa shape index (κ1) is 16.5. The van der Waals surface area contributed by atoms with Gasteiger partial charge in [-0.2, -0.15) is 0 Å². The standard InChI is InChI=1S/C19H28N2O2/c1-2-16(15-7-4-3-5-8-15)19(23)21-13-11-20(12-14-21)17-9-6-10-18(17)22/h3-5,7-8,16-18,22H,2,6,9-14H2,1H3/t16-,17-,18+/m0/s1. The second-order valence-electron chi connectivity index (χ2n) is 6.80. The van der Waals surface area contributed by atoms with E-state index < -0.39 is 0 Å². The largest absolute Gasteiger partial charge is 0.391 e. The third kappa shape index (κ3) is 3.59. The first-order valence-electron chi connectivity index (χ1n) is 8.96. The number of rotatable bonds is 4. The maximum atomic E-state index is 12.9. The summed E-state index contributed by atoms with van der Waals surface area (Å²) in [5.74, 6) is 0.227. The number of amides is 1. The van der Waals surface area contributed by atoms with Crippen molar-refractivity contribution in [2.75, 3.05) is 26.2 Å². The number of nitrogens with zero attached hydrogens (tertiary/aromatic N) is 2. The van der Waals surface area contributed by atoms with Crippen molar-refractivity contribution in [2.45, 2.75) is 50.7 Å². The lowest BCUT2D eigenvalue weighted by Crippen LogP contribution is -2.54. The van der Waals surface area contributed by atoms with Gasteiger partial charge in [0.15, 0.2) is 0 Å². The van der Waals surface area contributed by atoms with Gasteiger partial charge in [0.05, 0.1) is 12.0 Å². The maximum absolute atomic E-state index is 12.9. The van der Waals surface area contributed by atoms with Crippen molar-refractivity contribution in [3.8, 4) is 0 Å². The molecule has 1 amide bonds. The van der Waals surface area contributed by atoms with Gasteiger partial charge in [-0.1, -0.05) is 37.3 Å². The summed E-state index contributed by atoms with van der Waals surface area (Å²) in [7, 11) is 0. The predicted octanol–water partition coefficient (Wildman–Crippen LogP) is 2.24. The molecule has 0 spiro atoms. The molecule has 4 heteroatoms. The Bertz CT molecular complexity index is 511. The zero-order valence-electron chi connectivity index (χ0n) is 14.0. The van der Waals surface area contributed by atoms with E-state index in [1.807, 2.05) is 23.1 Å². The summed E-state index contributed by atoms with van der Waals surface area (Å²) in [5, 5.41) is 10.1. The molecule has 3 atom stereocenters. The lowest BCUT2D eigenvalue weighted by molar-refractivity contribution is -0.135. The molecular weight excluding hydrogens is 288 g/mol. The zero-order valence-corrected chi connectivity index (χ0v) is 14.0. The van der Waals surface area contributed by atoms with Crippen LogP contribution in [0.3, 0.4) is 0 Å². The number of carbonyl (C=O) groups is 1. The first-order chi connectivity index (χ1) is 11.2. The fourth-order valence-corrected chi connectivity index (χ4v) is 4.08. The summed E-state index contributed by atoms with van der Waals surface area (Å²) in [4.78, 5) is 17.3. The van der Waals surface area contributed by atoms with Crippen molar-refractivity contribution in [2.24, 2.45) is 0 Å². The molecule has 0 aromatic heterocycles. The summed E-state index contributed by atoms with van der Waals surface area (Å²) in [6.45, 7) is 5.43. The molecule has 1 saturated heterocycles. The van der Waals surface area contributed by atoms with Crippen LogP contribution in [0.5, 0.6) is 0 Å². The normalized spacial score (nSPS) is 27.1. The molecule has 0 radical (unpaired) electrons. The van der Waals surface area contributed by atoms with Gasteiger partial charge in [0.1, 0.15) is 0 Å². The number of aliphatic hydroxyl groups is 1. The monoisotopic (exact) mass is 316 g/mol. The molecule has 2 aliphatic rings. The van der Waals surface area contributed by atoms with Crippen LogP contribution in [0.4, 0.5) is 0 Å². The average Bonchev–Trinajstić information content (AvgIpc) is 3.02. The molecule has 1 aliphatic heterocycles. The molecule has 2 fully saturated rings. The Balaban J connectivity index is 1.59. The molecular formula is C19H28N2O2. The van der Waals surface area contributed by atoms with Gasteiger partial charge in [0.25, 0.3) is 0 Å². The Labute approximate surface area is 139 Å². The van der Waals surface area contributed by atoms with Crippen molar-refractivity contribution in [3.05, 3.63) is 35.9 Å². The Hall–Kier alpha value is -1.39. The van der Waals surface area contributed by atoms with Gasteiger partial charge in [0.2, 0.25) is 5.91 Å². The van der Waals surface area contributed by atoms with Gasteiger partial charge in [-0.25, -0.2) is 0 Å². The lowest BCUT2D eigenvalue weighted by Gasteiger charge is -2.40. The van der Waals surface area contributed by atoms with Gasteiger partial charge < -0.3 is 10.0 Å². The zero-order chi connectivity index (χ0) is 16.2. The molecule has 1 saturated carbocycles. The van der Waals surface area contributed by atoms with Crippen LogP contribution >= 0.6 is 0 Å². The highest BCUT2D eigenvalue weighted by Gasteiger charge is 2.34. The van der Waals surface area contributed by atoms with Crippen molar-refractivity contribution < 1.29 is 9.90 Å². The van der Waals surface area contributed by atoms with Crippen LogP contribution in [0, 0.1) is 0 Å². The predicted molar refractivity (Wildman–Crippen MR) is 91.3 cm³/mol. The van der Waals surface area contributed by atoms with Crippen LogP contribution < -0.4 is 0 Å². The Morgan fingerprint density at radius 2 is 1.87 bits per heavy atom. The summed E-state index contributed by atoms with van der Waals surface area (Å²) >= 11 is 0. The Morgan fingerprint density at radius 3 is 2.43 bits per heavy atom. The van der Waals surface area contributed by atoms with Crippen molar-refractivity contribution in [1.29, 1.82) is 0 Å². The molecule has 23 heavy (non-hydrogen) atoms. The number of carbonyl (C=O) groups excluding carboxylic acids is 1. The SMILES string of the molecule is CC[C@H](C(=O)N1CCN([C@H]2CCC[C@H]2O)CC1)c1ccccc1. The highest BCUT2D eigenvalue weighted by molar-refractivity contribution is 5.83. The molecule has 1 aliphatic carbocycles. The van der Waals surface area contributed by atoms with Gasteiger partial charge in [0, 0.05) is 32.2 Å². The summed E-state index contributed by atoms with van der Waals surface area (Å²) < 4.78 is 0. The average molecular weight is 316 g/mol. The van der Waals surface area contributed by atoms with Gasteiger partial charge in [-0.05, 0) is 31.2 Å². The number of hydrogen-bond donors (Lipinski definition) is 1. The Kier molecular flexibility index (Phi) is 5.34. The third-order valence-electron chi connectivity index (χ3n) is 5.45. The number of benzene rings is 1. The summed E-state index contributed by atoms with van der Waals surface area (Å²) in [5.41, 5.74) is 1.12. The smallest absolute Gasteiger partial charge is 0.230 e. The third-order valence-corrected chi connectivity index (χ3v) is 5.45. The van der Waals surface area contributed by atoms with Crippen molar-refractivity contribution in [3.63, 3.8) is 0 Å². The fourth-order valence-electron chi connectivity index (χ4n) is 4.08. The van der Waals surface area contributed by atoms with Crippen LogP contribution in [0.1, 0.15) is 44.1 Å². The molecule has 4 nitrogen and oxygen atoms in total. The molecule has 1 aromatic carbocycles. The van der Waals surface area contributed by atoms with Crippen LogP contribution in [0.2, 0.25) is 0 Å². The van der Waals surface area contributed by atoms with Crippen molar-refractivity contribution >= 4 is 5.91 Å². The van der Waals surface area contributed by atoms with Gasteiger partial charge in [-0.15, -0.1) is 0 Å². The topological polar surface area (TPSA) is 43.8 Å². The minimum absolute atomic E-state index is 0.0279. The molecule has 126 valence electrons. The minimum atomic E-state index is -0.176. The van der Waals surface area contributed by atoms with Crippen LogP contribution in [-0.2, 0) is 4.79 Å². The van der Waals surface area contributed by atoms with Crippen LogP contribution in [0.25, 0.3) is 0 Å². The van der Waals surface area contributed by atoms with E-state index in [1.54, 1.807) is 0 Å². The van der Waals surface area contributed by atoms with E-state index in [0.29, 0.717) is 6.04 Å². The highest BCUT2D eigenvalue weighted by Crippen LogP contribution is 2.27. The highest BCUT2D eigenvalue weighted by atomic mass is 16.3. The first-order valence-corrected chi connectivity index (χ1v) is 8.96. The quantitative estimate of drug-likeness (QED) is 0.926. The van der Waals surface area contributed by atoms with E-state index in [1.165, 1.54) is 0 Å². The maximum Gasteiger partial charge on any atom is 0.230 e. The van der Waals surface area contributed by atoms with E-state index in [9.17, 15) is 9.90 Å². The lowest BCUT2D eigenvalue weighted by atomic mass is 9.94. The van der Waals surface area contributed by atoms with E-state index in [-0.39, 0.29) is 17.9 Å². The molecule has 1 N–H and O–H groups in total. The molecule has 0 bridgehead atoms. The summed E-state index contributed by atoms with van der Waals surface area (Å²) in [6.07, 6.45) is 3.80. The number of aliphatic hydroxyl groups excluding tert-OH is 1. The van der Waals surface area contributed by atoms with Gasteiger partial charge >= 0.3 is 0 Å². The van der Waals surface area contributed by atoms with E-state index in [4.69, 9.17) is 0 Å².